The zero-order valence-electron chi connectivity index (χ0n) is 5.37. The standard InChI is InChI=1S/2N3P3/c2*1-4-2-6-3-5-1. The van der Waals surface area contributed by atoms with Crippen LogP contribution in [0.5, 0.6) is 0 Å². The Labute approximate surface area is 78.5 Å². The van der Waals surface area contributed by atoms with Crippen molar-refractivity contribution < 1.29 is 0 Å². The lowest BCUT2D eigenvalue weighted by Crippen LogP contribution is -1.47. The fourth-order valence-corrected chi connectivity index (χ4v) is 3.86. The zero-order chi connectivity index (χ0) is 8.49. The molecular weight excluding hydrogens is 270 g/mol. The molecular formula is N6P6. The number of rotatable bonds is 0. The van der Waals surface area contributed by atoms with Crippen molar-refractivity contribution in [1.29, 1.82) is 0 Å². The average molecular weight is 270 g/mol. The van der Waals surface area contributed by atoms with Crippen LogP contribution in [0.25, 0.3) is 0 Å². The first kappa shape index (κ1) is 10.7. The second kappa shape index (κ2) is 8.21. The first-order valence-electron chi connectivity index (χ1n) is 2.40. The lowest BCUT2D eigenvalue weighted by atomic mass is 13.9. The lowest BCUT2D eigenvalue weighted by molar-refractivity contribution is 1.69. The van der Waals surface area contributed by atoms with Gasteiger partial charge in [-0.25, -0.2) is 0 Å². The largest absolute Gasteiger partial charge is 0.166 e. The summed E-state index contributed by atoms with van der Waals surface area (Å²) in [6, 6.07) is 0. The number of hydrogen-bond acceptors (Lipinski definition) is 6. The molecule has 2 aromatic rings. The van der Waals surface area contributed by atoms with Gasteiger partial charge >= 0.3 is 0 Å². The molecule has 12 heteroatoms. The van der Waals surface area contributed by atoms with Gasteiger partial charge < -0.3 is 0 Å². The van der Waals surface area contributed by atoms with Gasteiger partial charge in [-0.3, -0.25) is 0 Å². The van der Waals surface area contributed by atoms with E-state index < -0.39 is 0 Å². The molecule has 2 rings (SSSR count). The zero-order valence-corrected chi connectivity index (χ0v) is 10.7. The minimum Gasteiger partial charge on any atom is -0.166 e. The monoisotopic (exact) mass is 270 g/mol. The van der Waals surface area contributed by atoms with Gasteiger partial charge in [0.15, 0.2) is 51.1 Å². The Morgan fingerprint density at radius 2 is 0.500 bits per heavy atom. The summed E-state index contributed by atoms with van der Waals surface area (Å²) in [7, 11) is 4.98. The molecule has 2 aromatic heterocycles. The quantitative estimate of drug-likeness (QED) is 0.731. The average Bonchev–Trinajstić information content (AvgIpc) is 2.24. The topological polar surface area (TPSA) is 77.3 Å². The second-order valence-electron chi connectivity index (χ2n) is 1.07. The van der Waals surface area contributed by atoms with Crippen molar-refractivity contribution in [1.82, 2.24) is 27.1 Å². The van der Waals surface area contributed by atoms with E-state index in [-0.39, 0.29) is 0 Å². The van der Waals surface area contributed by atoms with Crippen LogP contribution < -0.4 is 0 Å². The molecule has 0 aliphatic rings. The maximum absolute atomic E-state index is 3.78. The van der Waals surface area contributed by atoms with Gasteiger partial charge in [-0.15, -0.1) is 0 Å². The highest BCUT2D eigenvalue weighted by molar-refractivity contribution is 7.44. The first-order valence-corrected chi connectivity index (χ1v) is 7.20. The smallest absolute Gasteiger partial charge is 0.166 e. The molecule has 0 fully saturated rings. The van der Waals surface area contributed by atoms with Crippen LogP contribution in [-0.4, -0.2) is 27.1 Å². The van der Waals surface area contributed by atoms with Crippen LogP contribution in [0, 0.1) is 0 Å². The lowest BCUT2D eigenvalue weighted by Gasteiger charge is -1.64. The molecule has 0 aromatic carbocycles. The molecule has 0 aliphatic carbocycles. The fourth-order valence-electron chi connectivity index (χ4n) is 0.215. The SMILES string of the molecule is n1pnpnp1.n1pnpnp1. The fraction of sp³-hybridized carbons (Fsp3) is 0. The van der Waals surface area contributed by atoms with E-state index in [1.54, 1.807) is 0 Å². The van der Waals surface area contributed by atoms with Crippen molar-refractivity contribution in [3.63, 3.8) is 0 Å². The molecule has 0 aliphatic heterocycles. The maximum Gasteiger partial charge on any atom is 0.166 e. The van der Waals surface area contributed by atoms with Crippen molar-refractivity contribution in [2.75, 3.05) is 0 Å². The van der Waals surface area contributed by atoms with Crippen molar-refractivity contribution >= 4 is 51.1 Å². The van der Waals surface area contributed by atoms with Gasteiger partial charge in [-0.2, -0.15) is 27.1 Å². The van der Waals surface area contributed by atoms with Crippen LogP contribution in [0.4, 0.5) is 0 Å². The van der Waals surface area contributed by atoms with E-state index >= 15 is 0 Å². The van der Waals surface area contributed by atoms with Crippen LogP contribution in [-0.2, 0) is 0 Å². The molecule has 0 amide bonds. The van der Waals surface area contributed by atoms with E-state index in [4.69, 9.17) is 0 Å². The van der Waals surface area contributed by atoms with Crippen molar-refractivity contribution in [2.24, 2.45) is 0 Å². The predicted molar refractivity (Wildman–Crippen MR) is 54.7 cm³/mol. The van der Waals surface area contributed by atoms with Crippen LogP contribution >= 0.6 is 51.1 Å². The van der Waals surface area contributed by atoms with Gasteiger partial charge in [0.1, 0.15) is 0 Å². The Balaban J connectivity index is 0.000000120. The Morgan fingerprint density at radius 1 is 0.333 bits per heavy atom. The molecule has 60 valence electrons. The van der Waals surface area contributed by atoms with Crippen LogP contribution in [0.1, 0.15) is 0 Å². The third-order valence-corrected chi connectivity index (χ3v) is 4.32. The van der Waals surface area contributed by atoms with Crippen molar-refractivity contribution in [3.05, 3.63) is 0 Å². The van der Waals surface area contributed by atoms with E-state index in [0.717, 1.165) is 51.1 Å². The van der Waals surface area contributed by atoms with Gasteiger partial charge in [0.2, 0.25) is 0 Å². The van der Waals surface area contributed by atoms with Crippen molar-refractivity contribution in [3.8, 4) is 0 Å². The summed E-state index contributed by atoms with van der Waals surface area (Å²) in [6.07, 6.45) is 0. The Bertz CT molecular complexity index is 187. The first-order chi connectivity index (χ1) is 6.00. The van der Waals surface area contributed by atoms with Gasteiger partial charge in [0.25, 0.3) is 0 Å². The predicted octanol–water partition coefficient (Wildman–Crippen LogP) is 3.22. The Kier molecular flexibility index (Phi) is 7.31. The molecule has 0 N–H and O–H groups in total. The van der Waals surface area contributed by atoms with Crippen LogP contribution in [0.2, 0.25) is 0 Å². The third kappa shape index (κ3) is 6.15. The molecule has 12 heavy (non-hydrogen) atoms. The molecule has 0 atom stereocenters. The molecule has 0 spiro atoms. The Hall–Kier alpha value is 0.600. The molecule has 0 unspecified atom stereocenters. The highest BCUT2D eigenvalue weighted by Crippen LogP contribution is 2.01. The number of hydrogen-bond donors (Lipinski definition) is 0. The number of nitrogens with zero attached hydrogens (tertiary/aromatic N) is 6. The summed E-state index contributed by atoms with van der Waals surface area (Å²) in [5.41, 5.74) is 0. The summed E-state index contributed by atoms with van der Waals surface area (Å²) < 4.78 is 22.7. The highest BCUT2D eigenvalue weighted by atomic mass is 31.1. The van der Waals surface area contributed by atoms with Gasteiger partial charge in [-0.05, 0) is 0 Å². The van der Waals surface area contributed by atoms with E-state index in [9.17, 15) is 0 Å². The van der Waals surface area contributed by atoms with E-state index in [1.807, 2.05) is 0 Å². The van der Waals surface area contributed by atoms with Crippen LogP contribution in [0.3, 0.4) is 0 Å². The van der Waals surface area contributed by atoms with Gasteiger partial charge in [0, 0.05) is 0 Å². The number of aromatic nitrogens is 6. The summed E-state index contributed by atoms with van der Waals surface area (Å²) in [5.74, 6) is 0. The van der Waals surface area contributed by atoms with Gasteiger partial charge in [0.05, 0.1) is 0 Å². The molecule has 0 radical (unpaired) electrons. The molecule has 0 saturated carbocycles. The molecule has 6 nitrogen and oxygen atoms in total. The maximum atomic E-state index is 3.78. The normalized spacial score (nSPS) is 12.0. The summed E-state index contributed by atoms with van der Waals surface area (Å²) in [6.45, 7) is 0. The second-order valence-corrected chi connectivity index (χ2v) is 6.44. The minimum absolute atomic E-state index is 0.830. The molecule has 2 heterocycles. The van der Waals surface area contributed by atoms with E-state index in [2.05, 4.69) is 27.1 Å². The Morgan fingerprint density at radius 3 is 0.583 bits per heavy atom. The summed E-state index contributed by atoms with van der Waals surface area (Å²) in [5, 5.41) is 0. The van der Waals surface area contributed by atoms with Gasteiger partial charge in [-0.1, -0.05) is 0 Å². The van der Waals surface area contributed by atoms with Crippen molar-refractivity contribution in [2.45, 2.75) is 0 Å². The molecule has 0 bridgehead atoms. The minimum atomic E-state index is 0.830. The summed E-state index contributed by atoms with van der Waals surface area (Å²) in [4.78, 5) is 0. The summed E-state index contributed by atoms with van der Waals surface area (Å²) >= 11 is 0. The molecule has 0 saturated heterocycles. The van der Waals surface area contributed by atoms with Crippen LogP contribution in [0.15, 0.2) is 0 Å². The highest BCUT2D eigenvalue weighted by Gasteiger charge is 1.65. The third-order valence-electron chi connectivity index (χ3n) is 0.480. The van der Waals surface area contributed by atoms with E-state index in [0.29, 0.717) is 0 Å². The van der Waals surface area contributed by atoms with E-state index in [1.165, 1.54) is 0 Å².